The van der Waals surface area contributed by atoms with Crippen molar-refractivity contribution in [1.29, 1.82) is 0 Å². The van der Waals surface area contributed by atoms with Gasteiger partial charge in [-0.15, -0.1) is 0 Å². The molecule has 134 valence electrons. The first-order valence-corrected chi connectivity index (χ1v) is 8.82. The number of rotatable bonds is 5. The second-order valence-corrected chi connectivity index (χ2v) is 6.71. The summed E-state index contributed by atoms with van der Waals surface area (Å²) < 4.78 is 2.50. The topological polar surface area (TPSA) is 74.3 Å². The highest BCUT2D eigenvalue weighted by Crippen LogP contribution is 2.25. The molecule has 0 aliphatic heterocycles. The Bertz CT molecular complexity index is 815. The van der Waals surface area contributed by atoms with Gasteiger partial charge in [-0.3, -0.25) is 0 Å². The number of nitrogens with zero attached hydrogens (tertiary/aromatic N) is 5. The summed E-state index contributed by atoms with van der Waals surface area (Å²) >= 11 is 0. The van der Waals surface area contributed by atoms with Crippen molar-refractivity contribution in [3.63, 3.8) is 0 Å². The third kappa shape index (κ3) is 3.81. The molecule has 1 fully saturated rings. The smallest absolute Gasteiger partial charge is 0.368 e. The van der Waals surface area contributed by atoms with Gasteiger partial charge < -0.3 is 4.84 Å². The number of aryl methyl sites for hydroxylation is 2. The van der Waals surface area contributed by atoms with Crippen LogP contribution in [0.1, 0.15) is 50.2 Å². The van der Waals surface area contributed by atoms with Crippen molar-refractivity contribution in [1.82, 2.24) is 19.8 Å². The van der Waals surface area contributed by atoms with Crippen molar-refractivity contribution in [3.05, 3.63) is 39.8 Å². The molecule has 3 rings (SSSR count). The molecule has 0 atom stereocenters. The molecule has 7 heteroatoms. The summed E-state index contributed by atoms with van der Waals surface area (Å²) in [5.41, 5.74) is 3.38. The van der Waals surface area contributed by atoms with Crippen LogP contribution in [0.15, 0.2) is 28.1 Å². The van der Waals surface area contributed by atoms with Crippen molar-refractivity contribution in [3.8, 4) is 5.69 Å². The van der Waals surface area contributed by atoms with Crippen LogP contribution in [-0.2, 0) is 18.5 Å². The number of oxime groups is 1. The van der Waals surface area contributed by atoms with Crippen LogP contribution in [0.4, 0.5) is 0 Å². The fourth-order valence-corrected chi connectivity index (χ4v) is 3.33. The van der Waals surface area contributed by atoms with E-state index in [1.165, 1.54) is 41.5 Å². The third-order valence-electron chi connectivity index (χ3n) is 4.95. The zero-order chi connectivity index (χ0) is 17.8. The van der Waals surface area contributed by atoms with E-state index in [1.54, 1.807) is 7.05 Å². The maximum atomic E-state index is 12.2. The summed E-state index contributed by atoms with van der Waals surface area (Å²) in [5.74, 6) is 0.535. The standard InChI is InChI=1S/C18H25N5O2/c1-13-8-7-11-17(23-18(24)22(3)20-21-23)16(13)12-25-19-14(2)15-9-5-4-6-10-15/h7-8,11,15H,4-6,9-10,12H2,1-3H3. The van der Waals surface area contributed by atoms with Gasteiger partial charge in [0.05, 0.1) is 11.4 Å². The number of benzene rings is 1. The molecule has 0 bridgehead atoms. The molecule has 1 heterocycles. The number of aromatic nitrogens is 4. The summed E-state index contributed by atoms with van der Waals surface area (Å²) in [6.07, 6.45) is 6.26. The highest BCUT2D eigenvalue weighted by Gasteiger charge is 2.17. The summed E-state index contributed by atoms with van der Waals surface area (Å²) in [7, 11) is 1.58. The number of hydrogen-bond acceptors (Lipinski definition) is 5. The monoisotopic (exact) mass is 343 g/mol. The molecular formula is C18H25N5O2. The van der Waals surface area contributed by atoms with Crippen molar-refractivity contribution in [2.24, 2.45) is 18.1 Å². The Hall–Kier alpha value is -2.44. The Morgan fingerprint density at radius 3 is 2.72 bits per heavy atom. The van der Waals surface area contributed by atoms with Gasteiger partial charge in [-0.25, -0.2) is 4.79 Å². The first kappa shape index (κ1) is 17.4. The fourth-order valence-electron chi connectivity index (χ4n) is 3.33. The van der Waals surface area contributed by atoms with Crippen LogP contribution in [0.25, 0.3) is 5.69 Å². The van der Waals surface area contributed by atoms with Crippen LogP contribution in [0.2, 0.25) is 0 Å². The van der Waals surface area contributed by atoms with Crippen molar-refractivity contribution in [2.75, 3.05) is 0 Å². The molecule has 0 saturated heterocycles. The van der Waals surface area contributed by atoms with E-state index in [0.29, 0.717) is 18.2 Å². The molecule has 1 aliphatic rings. The predicted octanol–water partition coefficient (Wildman–Crippen LogP) is 2.75. The Morgan fingerprint density at radius 1 is 1.28 bits per heavy atom. The molecule has 0 radical (unpaired) electrons. The Morgan fingerprint density at radius 2 is 2.04 bits per heavy atom. The molecule has 1 aliphatic carbocycles. The van der Waals surface area contributed by atoms with E-state index in [2.05, 4.69) is 15.6 Å². The molecule has 2 aromatic rings. The maximum absolute atomic E-state index is 12.2. The number of hydrogen-bond donors (Lipinski definition) is 0. The summed E-state index contributed by atoms with van der Waals surface area (Å²) in [4.78, 5) is 17.8. The zero-order valence-corrected chi connectivity index (χ0v) is 15.1. The zero-order valence-electron chi connectivity index (χ0n) is 15.1. The molecule has 0 unspecified atom stereocenters. The van der Waals surface area contributed by atoms with Crippen molar-refractivity contribution in [2.45, 2.75) is 52.6 Å². The summed E-state index contributed by atoms with van der Waals surface area (Å²) in [6, 6.07) is 5.73. The van der Waals surface area contributed by atoms with E-state index >= 15 is 0 Å². The van der Waals surface area contributed by atoms with Crippen LogP contribution in [0.3, 0.4) is 0 Å². The van der Waals surface area contributed by atoms with Crippen LogP contribution in [-0.4, -0.2) is 25.5 Å². The van der Waals surface area contributed by atoms with E-state index in [-0.39, 0.29) is 5.69 Å². The first-order chi connectivity index (χ1) is 12.1. The van der Waals surface area contributed by atoms with Crippen molar-refractivity contribution >= 4 is 5.71 Å². The van der Waals surface area contributed by atoms with Gasteiger partial charge in [0.2, 0.25) is 0 Å². The molecule has 0 amide bonds. The van der Waals surface area contributed by atoms with Gasteiger partial charge >= 0.3 is 5.69 Å². The maximum Gasteiger partial charge on any atom is 0.368 e. The van der Waals surface area contributed by atoms with Gasteiger partial charge in [-0.2, -0.15) is 9.36 Å². The third-order valence-corrected chi connectivity index (χ3v) is 4.95. The Kier molecular flexibility index (Phi) is 5.31. The van der Waals surface area contributed by atoms with Gasteiger partial charge in [-0.05, 0) is 48.7 Å². The average Bonchev–Trinajstić information content (AvgIpc) is 2.96. The van der Waals surface area contributed by atoms with E-state index in [4.69, 9.17) is 4.84 Å². The van der Waals surface area contributed by atoms with E-state index < -0.39 is 0 Å². The lowest BCUT2D eigenvalue weighted by molar-refractivity contribution is 0.127. The van der Waals surface area contributed by atoms with Gasteiger partial charge in [-0.1, -0.05) is 36.6 Å². The average molecular weight is 343 g/mol. The molecular weight excluding hydrogens is 318 g/mol. The Labute approximate surface area is 147 Å². The molecule has 1 aromatic carbocycles. The quantitative estimate of drug-likeness (QED) is 0.618. The van der Waals surface area contributed by atoms with Gasteiger partial charge in [0, 0.05) is 18.5 Å². The van der Waals surface area contributed by atoms with Crippen LogP contribution in [0.5, 0.6) is 0 Å². The molecule has 7 nitrogen and oxygen atoms in total. The van der Waals surface area contributed by atoms with Crippen LogP contribution >= 0.6 is 0 Å². The predicted molar refractivity (Wildman–Crippen MR) is 95.8 cm³/mol. The Balaban J connectivity index is 1.78. The van der Waals surface area contributed by atoms with E-state index in [0.717, 1.165) is 16.8 Å². The van der Waals surface area contributed by atoms with Gasteiger partial charge in [0.15, 0.2) is 0 Å². The molecule has 25 heavy (non-hydrogen) atoms. The van der Waals surface area contributed by atoms with Gasteiger partial charge in [0.25, 0.3) is 0 Å². The SMILES string of the molecule is CC(=NOCc1c(C)cccc1-n1nnn(C)c1=O)C1CCCCC1. The largest absolute Gasteiger partial charge is 0.391 e. The van der Waals surface area contributed by atoms with Crippen LogP contribution in [0, 0.1) is 12.8 Å². The lowest BCUT2D eigenvalue weighted by atomic mass is 9.86. The number of tetrazole rings is 1. The lowest BCUT2D eigenvalue weighted by Crippen LogP contribution is -2.23. The highest BCUT2D eigenvalue weighted by molar-refractivity contribution is 5.83. The van der Waals surface area contributed by atoms with Crippen LogP contribution < -0.4 is 5.69 Å². The van der Waals surface area contributed by atoms with Crippen molar-refractivity contribution < 1.29 is 4.84 Å². The second-order valence-electron chi connectivity index (χ2n) is 6.71. The first-order valence-electron chi connectivity index (χ1n) is 8.82. The summed E-state index contributed by atoms with van der Waals surface area (Å²) in [5, 5.41) is 12.0. The fraction of sp³-hybridized carbons (Fsp3) is 0.556. The molecule has 0 N–H and O–H groups in total. The lowest BCUT2D eigenvalue weighted by Gasteiger charge is -2.20. The minimum Gasteiger partial charge on any atom is -0.391 e. The molecule has 1 aromatic heterocycles. The van der Waals surface area contributed by atoms with E-state index in [9.17, 15) is 4.79 Å². The van der Waals surface area contributed by atoms with Gasteiger partial charge in [0.1, 0.15) is 6.61 Å². The minimum absolute atomic E-state index is 0.284. The summed E-state index contributed by atoms with van der Waals surface area (Å²) in [6.45, 7) is 4.33. The normalized spacial score (nSPS) is 16.2. The second kappa shape index (κ2) is 7.63. The van der Waals surface area contributed by atoms with E-state index in [1.807, 2.05) is 32.0 Å². The molecule has 0 spiro atoms. The highest BCUT2D eigenvalue weighted by atomic mass is 16.6. The molecule has 1 saturated carbocycles. The minimum atomic E-state index is -0.284.